The van der Waals surface area contributed by atoms with Gasteiger partial charge < -0.3 is 4.74 Å². The summed E-state index contributed by atoms with van der Waals surface area (Å²) < 4.78 is 5.77. The van der Waals surface area contributed by atoms with Crippen LogP contribution in [0.1, 0.15) is 37.7 Å². The zero-order valence-corrected chi connectivity index (χ0v) is 10.7. The van der Waals surface area contributed by atoms with Gasteiger partial charge in [0.1, 0.15) is 5.75 Å². The summed E-state index contributed by atoms with van der Waals surface area (Å²) in [7, 11) is 0. The number of nitrogens with zero attached hydrogens (tertiary/aromatic N) is 3. The Hall–Kier alpha value is -1.67. The molecule has 1 aromatic rings. The molecule has 0 aromatic heterocycles. The van der Waals surface area contributed by atoms with Crippen molar-refractivity contribution in [3.8, 4) is 5.75 Å². The number of hydrogen-bond acceptors (Lipinski definition) is 2. The van der Waals surface area contributed by atoms with Crippen LogP contribution in [0.5, 0.6) is 5.75 Å². The Morgan fingerprint density at radius 3 is 3.00 bits per heavy atom. The number of hydrogen-bond donors (Lipinski definition) is 0. The molecular weight excluding hydrogens is 226 g/mol. The lowest BCUT2D eigenvalue weighted by Crippen LogP contribution is -2.03. The summed E-state index contributed by atoms with van der Waals surface area (Å²) in [5.74, 6) is 1.97. The maximum absolute atomic E-state index is 8.40. The molecular formula is C14H19N3O. The molecule has 1 saturated carbocycles. The zero-order valence-electron chi connectivity index (χ0n) is 10.7. The number of benzene rings is 1. The van der Waals surface area contributed by atoms with Crippen molar-refractivity contribution in [3.63, 3.8) is 0 Å². The van der Waals surface area contributed by atoms with Crippen LogP contribution in [0.25, 0.3) is 10.4 Å². The van der Waals surface area contributed by atoms with Gasteiger partial charge in [0.25, 0.3) is 0 Å². The van der Waals surface area contributed by atoms with Gasteiger partial charge in [0, 0.05) is 11.5 Å². The molecule has 1 aliphatic carbocycles. The van der Waals surface area contributed by atoms with E-state index in [4.69, 9.17) is 10.3 Å². The fourth-order valence-corrected chi connectivity index (χ4v) is 1.96. The van der Waals surface area contributed by atoms with Gasteiger partial charge in [0.15, 0.2) is 0 Å². The first-order chi connectivity index (χ1) is 8.83. The van der Waals surface area contributed by atoms with E-state index >= 15 is 0 Å². The highest BCUT2D eigenvalue weighted by molar-refractivity contribution is 5.31. The third-order valence-corrected chi connectivity index (χ3v) is 3.37. The lowest BCUT2D eigenvalue weighted by Gasteiger charge is -2.14. The van der Waals surface area contributed by atoms with Gasteiger partial charge in [-0.25, -0.2) is 0 Å². The van der Waals surface area contributed by atoms with Gasteiger partial charge in [-0.3, -0.25) is 0 Å². The molecule has 18 heavy (non-hydrogen) atoms. The molecule has 0 bridgehead atoms. The molecule has 96 valence electrons. The summed E-state index contributed by atoms with van der Waals surface area (Å²) in [4.78, 5) is 2.83. The second-order valence-corrected chi connectivity index (χ2v) is 4.85. The predicted molar refractivity (Wildman–Crippen MR) is 71.7 cm³/mol. The standard InChI is InChI=1S/C14H19N3O/c1-2-12(9-16-17-15)13-4-3-5-14(8-13)18-10-11-6-7-11/h3-5,8,11-12H,2,6-7,9-10H2,1H3/t12-/m0/s1. The van der Waals surface area contributed by atoms with Crippen molar-refractivity contribution >= 4 is 0 Å². The molecule has 0 radical (unpaired) electrons. The largest absolute Gasteiger partial charge is 0.493 e. The number of ether oxygens (including phenoxy) is 1. The quantitative estimate of drug-likeness (QED) is 0.402. The fourth-order valence-electron chi connectivity index (χ4n) is 1.96. The van der Waals surface area contributed by atoms with E-state index in [-0.39, 0.29) is 5.92 Å². The smallest absolute Gasteiger partial charge is 0.119 e. The van der Waals surface area contributed by atoms with Gasteiger partial charge >= 0.3 is 0 Å². The summed E-state index contributed by atoms with van der Waals surface area (Å²) >= 11 is 0. The average Bonchev–Trinajstić information content (AvgIpc) is 3.22. The SMILES string of the molecule is CC[C@@H](CN=[N+]=[N-])c1cccc(OCC2CC2)c1. The van der Waals surface area contributed by atoms with Crippen LogP contribution >= 0.6 is 0 Å². The maximum Gasteiger partial charge on any atom is 0.119 e. The van der Waals surface area contributed by atoms with Gasteiger partial charge in [-0.05, 0) is 54.3 Å². The maximum atomic E-state index is 8.40. The van der Waals surface area contributed by atoms with Crippen molar-refractivity contribution in [2.75, 3.05) is 13.2 Å². The first-order valence-electron chi connectivity index (χ1n) is 6.57. The van der Waals surface area contributed by atoms with Crippen LogP contribution in [0.2, 0.25) is 0 Å². The van der Waals surface area contributed by atoms with Gasteiger partial charge in [0.05, 0.1) is 6.61 Å². The molecule has 0 aliphatic heterocycles. The van der Waals surface area contributed by atoms with E-state index in [0.29, 0.717) is 6.54 Å². The number of rotatable bonds is 7. The lowest BCUT2D eigenvalue weighted by molar-refractivity contribution is 0.299. The van der Waals surface area contributed by atoms with Crippen LogP contribution < -0.4 is 4.74 Å². The Labute approximate surface area is 108 Å². The minimum absolute atomic E-state index is 0.283. The molecule has 1 aromatic carbocycles. The second kappa shape index (κ2) is 6.31. The average molecular weight is 245 g/mol. The van der Waals surface area contributed by atoms with Crippen LogP contribution in [-0.4, -0.2) is 13.2 Å². The summed E-state index contributed by atoms with van der Waals surface area (Å²) in [6.45, 7) is 3.45. The first kappa shape index (κ1) is 12.8. The van der Waals surface area contributed by atoms with Crippen molar-refractivity contribution in [1.82, 2.24) is 0 Å². The van der Waals surface area contributed by atoms with Crippen molar-refractivity contribution in [1.29, 1.82) is 0 Å². The van der Waals surface area contributed by atoms with E-state index < -0.39 is 0 Å². The zero-order chi connectivity index (χ0) is 12.8. The Morgan fingerprint density at radius 1 is 1.50 bits per heavy atom. The fraction of sp³-hybridized carbons (Fsp3) is 0.571. The molecule has 0 N–H and O–H groups in total. The number of azide groups is 1. The van der Waals surface area contributed by atoms with Crippen LogP contribution in [0.3, 0.4) is 0 Å². The molecule has 0 saturated heterocycles. The predicted octanol–water partition coefficient (Wildman–Crippen LogP) is 4.28. The van der Waals surface area contributed by atoms with Crippen molar-refractivity contribution < 1.29 is 4.74 Å². The molecule has 1 atom stereocenters. The van der Waals surface area contributed by atoms with E-state index in [0.717, 1.165) is 24.7 Å². The monoisotopic (exact) mass is 245 g/mol. The summed E-state index contributed by atoms with van der Waals surface area (Å²) in [6.07, 6.45) is 3.56. The molecule has 2 rings (SSSR count). The highest BCUT2D eigenvalue weighted by atomic mass is 16.5. The Morgan fingerprint density at radius 2 is 2.33 bits per heavy atom. The summed E-state index contributed by atoms with van der Waals surface area (Å²) in [5, 5.41) is 3.67. The highest BCUT2D eigenvalue weighted by Crippen LogP contribution is 2.30. The second-order valence-electron chi connectivity index (χ2n) is 4.85. The Kier molecular flexibility index (Phi) is 4.48. The van der Waals surface area contributed by atoms with Gasteiger partial charge in [-0.1, -0.05) is 24.2 Å². The first-order valence-corrected chi connectivity index (χ1v) is 6.57. The van der Waals surface area contributed by atoms with Crippen molar-refractivity contribution in [2.45, 2.75) is 32.1 Å². The third kappa shape index (κ3) is 3.67. The minimum atomic E-state index is 0.283. The molecule has 4 nitrogen and oxygen atoms in total. The van der Waals surface area contributed by atoms with Crippen LogP contribution in [0.4, 0.5) is 0 Å². The topological polar surface area (TPSA) is 58.0 Å². The molecule has 0 heterocycles. The molecule has 1 fully saturated rings. The molecule has 0 spiro atoms. The molecule has 1 aliphatic rings. The highest BCUT2D eigenvalue weighted by Gasteiger charge is 2.22. The summed E-state index contributed by atoms with van der Waals surface area (Å²) in [6, 6.07) is 8.15. The summed E-state index contributed by atoms with van der Waals surface area (Å²) in [5.41, 5.74) is 9.59. The lowest BCUT2D eigenvalue weighted by atomic mass is 9.96. The molecule has 0 amide bonds. The third-order valence-electron chi connectivity index (χ3n) is 3.37. The molecule has 0 unspecified atom stereocenters. The van der Waals surface area contributed by atoms with E-state index in [2.05, 4.69) is 29.1 Å². The Bertz CT molecular complexity index is 436. The van der Waals surface area contributed by atoms with E-state index in [1.165, 1.54) is 18.4 Å². The van der Waals surface area contributed by atoms with Crippen molar-refractivity contribution in [3.05, 3.63) is 40.3 Å². The van der Waals surface area contributed by atoms with Crippen LogP contribution in [0, 0.1) is 5.92 Å². The van der Waals surface area contributed by atoms with Gasteiger partial charge in [-0.2, -0.15) is 0 Å². The van der Waals surface area contributed by atoms with Crippen LogP contribution in [0.15, 0.2) is 29.4 Å². The van der Waals surface area contributed by atoms with Crippen LogP contribution in [-0.2, 0) is 0 Å². The minimum Gasteiger partial charge on any atom is -0.493 e. The van der Waals surface area contributed by atoms with Gasteiger partial charge in [-0.15, -0.1) is 0 Å². The normalized spacial score (nSPS) is 15.8. The van der Waals surface area contributed by atoms with Crippen molar-refractivity contribution in [2.24, 2.45) is 11.0 Å². The van der Waals surface area contributed by atoms with E-state index in [9.17, 15) is 0 Å². The van der Waals surface area contributed by atoms with E-state index in [1.54, 1.807) is 0 Å². The molecule has 4 heteroatoms. The van der Waals surface area contributed by atoms with Gasteiger partial charge in [0.2, 0.25) is 0 Å². The van der Waals surface area contributed by atoms with E-state index in [1.807, 2.05) is 12.1 Å². The Balaban J connectivity index is 2.00.